The van der Waals surface area contributed by atoms with Crippen LogP contribution in [0.3, 0.4) is 0 Å². The average molecular weight is 231 g/mol. The molecule has 2 atom stereocenters. The summed E-state index contributed by atoms with van der Waals surface area (Å²) in [7, 11) is 0. The van der Waals surface area contributed by atoms with E-state index in [0.29, 0.717) is 17.3 Å². The standard InChI is InChI=1S/C16H25N/c1-15(2,3)12-10-11-8-7-9-17-14(11)13(12)16(4,5)6/h7-9,12-13H,10H2,1-6H3. The van der Waals surface area contributed by atoms with Gasteiger partial charge >= 0.3 is 0 Å². The summed E-state index contributed by atoms with van der Waals surface area (Å²) in [6.07, 6.45) is 3.14. The molecule has 1 aliphatic carbocycles. The summed E-state index contributed by atoms with van der Waals surface area (Å²) < 4.78 is 0. The number of nitrogens with zero attached hydrogens (tertiary/aromatic N) is 1. The maximum absolute atomic E-state index is 4.67. The van der Waals surface area contributed by atoms with E-state index in [1.54, 1.807) is 0 Å². The third kappa shape index (κ3) is 2.25. The van der Waals surface area contributed by atoms with Crippen molar-refractivity contribution in [3.05, 3.63) is 29.6 Å². The van der Waals surface area contributed by atoms with Crippen LogP contribution < -0.4 is 0 Å². The number of pyridine rings is 1. The van der Waals surface area contributed by atoms with E-state index in [1.165, 1.54) is 17.7 Å². The fourth-order valence-electron chi connectivity index (χ4n) is 3.27. The van der Waals surface area contributed by atoms with Gasteiger partial charge in [-0.15, -0.1) is 0 Å². The highest BCUT2D eigenvalue weighted by Gasteiger charge is 2.45. The van der Waals surface area contributed by atoms with Crippen LogP contribution in [-0.2, 0) is 6.42 Å². The van der Waals surface area contributed by atoms with Crippen molar-refractivity contribution in [2.75, 3.05) is 0 Å². The molecule has 17 heavy (non-hydrogen) atoms. The summed E-state index contributed by atoms with van der Waals surface area (Å²) in [6, 6.07) is 4.33. The fourth-order valence-corrected chi connectivity index (χ4v) is 3.27. The summed E-state index contributed by atoms with van der Waals surface area (Å²) in [4.78, 5) is 4.67. The molecular formula is C16H25N. The van der Waals surface area contributed by atoms with Gasteiger partial charge in [0.25, 0.3) is 0 Å². The molecule has 0 N–H and O–H groups in total. The number of rotatable bonds is 0. The van der Waals surface area contributed by atoms with Crippen molar-refractivity contribution >= 4 is 0 Å². The lowest BCUT2D eigenvalue weighted by Gasteiger charge is -2.39. The van der Waals surface area contributed by atoms with Crippen LogP contribution in [0.15, 0.2) is 18.3 Å². The van der Waals surface area contributed by atoms with Crippen molar-refractivity contribution < 1.29 is 0 Å². The lowest BCUT2D eigenvalue weighted by Crippen LogP contribution is -2.32. The minimum atomic E-state index is 0.289. The maximum Gasteiger partial charge on any atom is 0.0474 e. The van der Waals surface area contributed by atoms with E-state index >= 15 is 0 Å². The third-order valence-electron chi connectivity index (χ3n) is 4.11. The van der Waals surface area contributed by atoms with E-state index in [4.69, 9.17) is 0 Å². The van der Waals surface area contributed by atoms with E-state index in [0.717, 1.165) is 0 Å². The monoisotopic (exact) mass is 231 g/mol. The molecule has 0 fully saturated rings. The Kier molecular flexibility index (Phi) is 2.84. The Morgan fingerprint density at radius 2 is 1.71 bits per heavy atom. The van der Waals surface area contributed by atoms with Gasteiger partial charge in [-0.25, -0.2) is 0 Å². The van der Waals surface area contributed by atoms with Crippen LogP contribution in [0.1, 0.15) is 58.7 Å². The first-order chi connectivity index (χ1) is 7.71. The van der Waals surface area contributed by atoms with Crippen LogP contribution in [0.25, 0.3) is 0 Å². The molecule has 1 nitrogen and oxygen atoms in total. The zero-order valence-corrected chi connectivity index (χ0v) is 12.0. The molecule has 0 radical (unpaired) electrons. The minimum Gasteiger partial charge on any atom is -0.261 e. The second kappa shape index (κ2) is 3.83. The van der Waals surface area contributed by atoms with Crippen LogP contribution >= 0.6 is 0 Å². The van der Waals surface area contributed by atoms with Gasteiger partial charge in [0.05, 0.1) is 0 Å². The molecule has 1 aliphatic rings. The van der Waals surface area contributed by atoms with Crippen molar-refractivity contribution in [3.63, 3.8) is 0 Å². The van der Waals surface area contributed by atoms with Crippen molar-refractivity contribution in [2.45, 2.75) is 53.9 Å². The predicted octanol–water partition coefficient (Wildman–Crippen LogP) is 4.43. The van der Waals surface area contributed by atoms with Gasteiger partial charge in [-0.2, -0.15) is 0 Å². The molecule has 2 unspecified atom stereocenters. The molecule has 1 aromatic rings. The van der Waals surface area contributed by atoms with Crippen LogP contribution in [-0.4, -0.2) is 4.98 Å². The minimum absolute atomic E-state index is 0.289. The van der Waals surface area contributed by atoms with Crippen LogP contribution in [0.4, 0.5) is 0 Å². The second-order valence-corrected chi connectivity index (χ2v) is 7.57. The lowest BCUT2D eigenvalue weighted by molar-refractivity contribution is 0.140. The number of aromatic nitrogens is 1. The Morgan fingerprint density at radius 3 is 2.24 bits per heavy atom. The average Bonchev–Trinajstić information content (AvgIpc) is 2.54. The van der Waals surface area contributed by atoms with Crippen molar-refractivity contribution in [2.24, 2.45) is 16.7 Å². The fraction of sp³-hybridized carbons (Fsp3) is 0.688. The first-order valence-corrected chi connectivity index (χ1v) is 6.65. The predicted molar refractivity (Wildman–Crippen MR) is 73.1 cm³/mol. The van der Waals surface area contributed by atoms with E-state index in [2.05, 4.69) is 58.7 Å². The topological polar surface area (TPSA) is 12.9 Å². The second-order valence-electron chi connectivity index (χ2n) is 7.57. The third-order valence-corrected chi connectivity index (χ3v) is 4.11. The first-order valence-electron chi connectivity index (χ1n) is 6.65. The van der Waals surface area contributed by atoms with Gasteiger partial charge in [-0.05, 0) is 34.8 Å². The molecule has 1 aromatic heterocycles. The van der Waals surface area contributed by atoms with Gasteiger partial charge in [0, 0.05) is 17.8 Å². The van der Waals surface area contributed by atoms with E-state index in [-0.39, 0.29) is 5.41 Å². The molecule has 0 saturated heterocycles. The van der Waals surface area contributed by atoms with Gasteiger partial charge < -0.3 is 0 Å². The smallest absolute Gasteiger partial charge is 0.0474 e. The Morgan fingerprint density at radius 1 is 1.06 bits per heavy atom. The van der Waals surface area contributed by atoms with Crippen molar-refractivity contribution in [3.8, 4) is 0 Å². The molecule has 94 valence electrons. The highest BCUT2D eigenvalue weighted by molar-refractivity contribution is 5.32. The number of hydrogen-bond acceptors (Lipinski definition) is 1. The summed E-state index contributed by atoms with van der Waals surface area (Å²) in [5.74, 6) is 1.28. The van der Waals surface area contributed by atoms with Crippen molar-refractivity contribution in [1.29, 1.82) is 0 Å². The molecule has 0 amide bonds. The Bertz CT molecular complexity index is 406. The van der Waals surface area contributed by atoms with E-state index in [1.807, 2.05) is 6.20 Å². The van der Waals surface area contributed by atoms with Crippen LogP contribution in [0, 0.1) is 16.7 Å². The highest BCUT2D eigenvalue weighted by Crippen LogP contribution is 2.53. The van der Waals surface area contributed by atoms with Gasteiger partial charge in [0.15, 0.2) is 0 Å². The van der Waals surface area contributed by atoms with E-state index < -0.39 is 0 Å². The molecule has 0 aliphatic heterocycles. The zero-order chi connectivity index (χ0) is 12.8. The lowest BCUT2D eigenvalue weighted by atomic mass is 9.65. The quantitative estimate of drug-likeness (QED) is 0.643. The molecule has 2 rings (SSSR count). The van der Waals surface area contributed by atoms with Gasteiger partial charge in [0.1, 0.15) is 0 Å². The summed E-state index contributed by atoms with van der Waals surface area (Å²) >= 11 is 0. The summed E-state index contributed by atoms with van der Waals surface area (Å²) in [5.41, 5.74) is 3.45. The highest BCUT2D eigenvalue weighted by atomic mass is 14.7. The van der Waals surface area contributed by atoms with Gasteiger partial charge in [-0.3, -0.25) is 4.98 Å². The summed E-state index contributed by atoms with van der Waals surface area (Å²) in [5, 5.41) is 0. The van der Waals surface area contributed by atoms with Crippen LogP contribution in [0.5, 0.6) is 0 Å². The summed E-state index contributed by atoms with van der Waals surface area (Å²) in [6.45, 7) is 14.1. The van der Waals surface area contributed by atoms with Crippen molar-refractivity contribution in [1.82, 2.24) is 4.98 Å². The van der Waals surface area contributed by atoms with Crippen LogP contribution in [0.2, 0.25) is 0 Å². The van der Waals surface area contributed by atoms with Gasteiger partial charge in [-0.1, -0.05) is 47.6 Å². The molecule has 0 aromatic carbocycles. The molecule has 1 heterocycles. The Hall–Kier alpha value is -0.850. The first kappa shape index (κ1) is 12.6. The normalized spacial score (nSPS) is 24.8. The number of fused-ring (bicyclic) bond motifs is 1. The molecule has 0 spiro atoms. The SMILES string of the molecule is CC(C)(C)C1Cc2cccnc2C1C(C)(C)C. The largest absolute Gasteiger partial charge is 0.261 e. The number of hydrogen-bond donors (Lipinski definition) is 0. The molecular weight excluding hydrogens is 206 g/mol. The maximum atomic E-state index is 4.67. The molecule has 1 heteroatoms. The van der Waals surface area contributed by atoms with E-state index in [9.17, 15) is 0 Å². The zero-order valence-electron chi connectivity index (χ0n) is 12.0. The Balaban J connectivity index is 2.48. The van der Waals surface area contributed by atoms with Gasteiger partial charge in [0.2, 0.25) is 0 Å². The molecule has 0 saturated carbocycles. The Labute approximate surface area is 106 Å². The molecule has 0 bridgehead atoms.